The highest BCUT2D eigenvalue weighted by atomic mass is 15.1. The Hall–Kier alpha value is -0.0800. The van der Waals surface area contributed by atoms with E-state index in [-0.39, 0.29) is 0 Å². The predicted molar refractivity (Wildman–Crippen MR) is 76.3 cm³/mol. The second kappa shape index (κ2) is 8.10. The van der Waals surface area contributed by atoms with E-state index in [1.54, 1.807) is 0 Å². The van der Waals surface area contributed by atoms with Gasteiger partial charge in [-0.15, -0.1) is 0 Å². The van der Waals surface area contributed by atoms with Gasteiger partial charge >= 0.3 is 0 Å². The molecule has 1 heterocycles. The fourth-order valence-corrected chi connectivity index (χ4v) is 3.12. The number of piperidine rings is 1. The summed E-state index contributed by atoms with van der Waals surface area (Å²) in [4.78, 5) is 2.69. The lowest BCUT2D eigenvalue weighted by Crippen LogP contribution is -2.40. The molecule has 1 rings (SSSR count). The van der Waals surface area contributed by atoms with E-state index in [9.17, 15) is 0 Å². The summed E-state index contributed by atoms with van der Waals surface area (Å²) in [7, 11) is 2.08. The number of rotatable bonds is 7. The van der Waals surface area contributed by atoms with Gasteiger partial charge in [-0.05, 0) is 63.7 Å². The molecule has 1 fully saturated rings. The van der Waals surface area contributed by atoms with Gasteiger partial charge < -0.3 is 10.2 Å². The summed E-state index contributed by atoms with van der Waals surface area (Å²) in [6.45, 7) is 12.2. The van der Waals surface area contributed by atoms with Crippen LogP contribution in [0.5, 0.6) is 0 Å². The van der Waals surface area contributed by atoms with Crippen molar-refractivity contribution in [2.45, 2.75) is 46.5 Å². The molecule has 1 unspecified atom stereocenters. The topological polar surface area (TPSA) is 15.3 Å². The summed E-state index contributed by atoms with van der Waals surface area (Å²) in [5, 5.41) is 3.34. The second-order valence-corrected chi connectivity index (χ2v) is 6.09. The fraction of sp³-hybridized carbons (Fsp3) is 1.00. The smallest absolute Gasteiger partial charge is 0.00218 e. The molecule has 2 nitrogen and oxygen atoms in total. The molecule has 17 heavy (non-hydrogen) atoms. The Bertz CT molecular complexity index is 177. The van der Waals surface area contributed by atoms with Crippen LogP contribution in [0.3, 0.4) is 0 Å². The van der Waals surface area contributed by atoms with Crippen LogP contribution in [-0.4, -0.2) is 38.1 Å². The molecule has 2 heteroatoms. The summed E-state index contributed by atoms with van der Waals surface area (Å²) in [5.41, 5.74) is 0. The van der Waals surface area contributed by atoms with Gasteiger partial charge in [0.05, 0.1) is 0 Å². The molecule has 1 aliphatic heterocycles. The molecule has 1 aliphatic rings. The molecule has 0 aromatic carbocycles. The van der Waals surface area contributed by atoms with Crippen LogP contribution in [0.4, 0.5) is 0 Å². The lowest BCUT2D eigenvalue weighted by molar-refractivity contribution is 0.136. The Kier molecular flexibility index (Phi) is 7.14. The van der Waals surface area contributed by atoms with E-state index in [4.69, 9.17) is 0 Å². The monoisotopic (exact) mass is 240 g/mol. The second-order valence-electron chi connectivity index (χ2n) is 6.09. The summed E-state index contributed by atoms with van der Waals surface area (Å²) < 4.78 is 0. The SMILES string of the molecule is CCCC(CNC)CN1CCC(C(C)C)CC1. The highest BCUT2D eigenvalue weighted by Crippen LogP contribution is 2.25. The molecule has 102 valence electrons. The minimum Gasteiger partial charge on any atom is -0.319 e. The van der Waals surface area contributed by atoms with Gasteiger partial charge in [0.2, 0.25) is 0 Å². The molecule has 0 saturated carbocycles. The van der Waals surface area contributed by atoms with Crippen LogP contribution < -0.4 is 5.32 Å². The number of likely N-dealkylation sites (tertiary alicyclic amines) is 1. The Balaban J connectivity index is 2.27. The van der Waals surface area contributed by atoms with Crippen molar-refractivity contribution >= 4 is 0 Å². The van der Waals surface area contributed by atoms with Gasteiger partial charge in [-0.1, -0.05) is 27.2 Å². The van der Waals surface area contributed by atoms with Crippen molar-refractivity contribution in [1.29, 1.82) is 0 Å². The van der Waals surface area contributed by atoms with Crippen LogP contribution >= 0.6 is 0 Å². The van der Waals surface area contributed by atoms with E-state index in [0.717, 1.165) is 17.8 Å². The molecular formula is C15H32N2. The average molecular weight is 240 g/mol. The van der Waals surface area contributed by atoms with Gasteiger partial charge in [-0.2, -0.15) is 0 Å². The molecule has 0 bridgehead atoms. The molecule has 1 saturated heterocycles. The predicted octanol–water partition coefficient (Wildman–Crippen LogP) is 2.99. The van der Waals surface area contributed by atoms with Gasteiger partial charge in [-0.25, -0.2) is 0 Å². The number of nitrogens with one attached hydrogen (secondary N) is 1. The maximum absolute atomic E-state index is 3.34. The molecule has 0 aromatic heterocycles. The van der Waals surface area contributed by atoms with Gasteiger partial charge in [-0.3, -0.25) is 0 Å². The Labute approximate surface area is 108 Å². The van der Waals surface area contributed by atoms with E-state index in [0.29, 0.717) is 0 Å². The minimum atomic E-state index is 0.848. The fourth-order valence-electron chi connectivity index (χ4n) is 3.12. The summed E-state index contributed by atoms with van der Waals surface area (Å²) >= 11 is 0. The van der Waals surface area contributed by atoms with Crippen molar-refractivity contribution in [1.82, 2.24) is 10.2 Å². The van der Waals surface area contributed by atoms with Crippen LogP contribution in [0.2, 0.25) is 0 Å². The molecule has 0 amide bonds. The van der Waals surface area contributed by atoms with Crippen molar-refractivity contribution in [3.05, 3.63) is 0 Å². The number of nitrogens with zero attached hydrogens (tertiary/aromatic N) is 1. The van der Waals surface area contributed by atoms with E-state index in [1.807, 2.05) is 0 Å². The number of hydrogen-bond donors (Lipinski definition) is 1. The van der Waals surface area contributed by atoms with Gasteiger partial charge in [0.1, 0.15) is 0 Å². The summed E-state index contributed by atoms with van der Waals surface area (Å²) in [6.07, 6.45) is 5.51. The Morgan fingerprint density at radius 1 is 1.24 bits per heavy atom. The van der Waals surface area contributed by atoms with E-state index >= 15 is 0 Å². The Morgan fingerprint density at radius 3 is 2.35 bits per heavy atom. The van der Waals surface area contributed by atoms with Crippen LogP contribution in [-0.2, 0) is 0 Å². The first kappa shape index (κ1) is 15.0. The van der Waals surface area contributed by atoms with Gasteiger partial charge in [0, 0.05) is 6.54 Å². The van der Waals surface area contributed by atoms with Gasteiger partial charge in [0.25, 0.3) is 0 Å². The number of hydrogen-bond acceptors (Lipinski definition) is 2. The highest BCUT2D eigenvalue weighted by Gasteiger charge is 2.22. The Morgan fingerprint density at radius 2 is 1.88 bits per heavy atom. The highest BCUT2D eigenvalue weighted by molar-refractivity contribution is 4.76. The van der Waals surface area contributed by atoms with Crippen molar-refractivity contribution < 1.29 is 0 Å². The summed E-state index contributed by atoms with van der Waals surface area (Å²) in [6, 6.07) is 0. The molecular weight excluding hydrogens is 208 g/mol. The minimum absolute atomic E-state index is 0.848. The molecule has 0 aliphatic carbocycles. The first-order valence-corrected chi connectivity index (χ1v) is 7.54. The van der Waals surface area contributed by atoms with Gasteiger partial charge in [0.15, 0.2) is 0 Å². The van der Waals surface area contributed by atoms with Crippen LogP contribution in [0.1, 0.15) is 46.5 Å². The van der Waals surface area contributed by atoms with E-state index in [1.165, 1.54) is 51.9 Å². The maximum Gasteiger partial charge on any atom is 0.00218 e. The zero-order valence-corrected chi connectivity index (χ0v) is 12.3. The molecule has 1 atom stereocenters. The first-order chi connectivity index (χ1) is 8.17. The lowest BCUT2D eigenvalue weighted by Gasteiger charge is -2.35. The quantitative estimate of drug-likeness (QED) is 0.736. The van der Waals surface area contributed by atoms with Crippen molar-refractivity contribution in [2.24, 2.45) is 17.8 Å². The van der Waals surface area contributed by atoms with E-state index in [2.05, 4.69) is 38.0 Å². The van der Waals surface area contributed by atoms with Crippen molar-refractivity contribution in [3.8, 4) is 0 Å². The molecule has 1 N–H and O–H groups in total. The summed E-state index contributed by atoms with van der Waals surface area (Å²) in [5.74, 6) is 2.70. The third-order valence-corrected chi connectivity index (χ3v) is 4.28. The molecule has 0 radical (unpaired) electrons. The third kappa shape index (κ3) is 5.39. The van der Waals surface area contributed by atoms with Crippen molar-refractivity contribution in [2.75, 3.05) is 33.2 Å². The normalized spacial score (nSPS) is 21.0. The zero-order valence-electron chi connectivity index (χ0n) is 12.3. The standard InChI is InChI=1S/C15H32N2/c1-5-6-14(11-16-4)12-17-9-7-15(8-10-17)13(2)3/h13-16H,5-12H2,1-4H3. The van der Waals surface area contributed by atoms with Crippen molar-refractivity contribution in [3.63, 3.8) is 0 Å². The van der Waals surface area contributed by atoms with E-state index < -0.39 is 0 Å². The third-order valence-electron chi connectivity index (χ3n) is 4.28. The van der Waals surface area contributed by atoms with Crippen LogP contribution in [0.15, 0.2) is 0 Å². The largest absolute Gasteiger partial charge is 0.319 e. The zero-order chi connectivity index (χ0) is 12.7. The van der Waals surface area contributed by atoms with Crippen LogP contribution in [0, 0.1) is 17.8 Å². The lowest BCUT2D eigenvalue weighted by atomic mass is 9.86. The maximum atomic E-state index is 3.34. The van der Waals surface area contributed by atoms with Crippen LogP contribution in [0.25, 0.3) is 0 Å². The first-order valence-electron chi connectivity index (χ1n) is 7.54. The average Bonchev–Trinajstić information content (AvgIpc) is 2.30. The molecule has 0 spiro atoms. The molecule has 0 aromatic rings.